The standard InChI is InChI=1S/C15H18ClFN2O2/c16-13-2-1-3-14(17)12(13)4-5-15(20)18-6-7-19-8-10-21-11-9-19/h1-5H,6-11H2,(H,18,20)/p+1. The fraction of sp³-hybridized carbons (Fsp3) is 0.400. The quantitative estimate of drug-likeness (QED) is 0.779. The zero-order chi connectivity index (χ0) is 15.1. The fourth-order valence-electron chi connectivity index (χ4n) is 2.16. The Balaban J connectivity index is 1.77. The van der Waals surface area contributed by atoms with Crippen LogP contribution >= 0.6 is 11.6 Å². The minimum absolute atomic E-state index is 0.230. The van der Waals surface area contributed by atoms with E-state index < -0.39 is 5.82 Å². The highest BCUT2D eigenvalue weighted by Crippen LogP contribution is 2.20. The number of amides is 1. The lowest BCUT2D eigenvalue weighted by atomic mass is 10.2. The van der Waals surface area contributed by atoms with Crippen molar-refractivity contribution in [3.05, 3.63) is 40.7 Å². The normalized spacial score (nSPS) is 16.3. The van der Waals surface area contributed by atoms with E-state index in [4.69, 9.17) is 16.3 Å². The van der Waals surface area contributed by atoms with Gasteiger partial charge in [-0.2, -0.15) is 0 Å². The number of carbonyl (C=O) groups is 1. The molecule has 0 bridgehead atoms. The Morgan fingerprint density at radius 2 is 2.19 bits per heavy atom. The third-order valence-electron chi connectivity index (χ3n) is 3.38. The molecule has 1 heterocycles. The molecule has 6 heteroatoms. The Hall–Kier alpha value is -1.43. The molecule has 1 aliphatic rings. The second-order valence-corrected chi connectivity index (χ2v) is 5.28. The summed E-state index contributed by atoms with van der Waals surface area (Å²) in [5.74, 6) is -0.689. The summed E-state index contributed by atoms with van der Waals surface area (Å²) in [5.41, 5.74) is 0.230. The molecule has 0 unspecified atom stereocenters. The van der Waals surface area contributed by atoms with Crippen LogP contribution in [-0.4, -0.2) is 45.3 Å². The van der Waals surface area contributed by atoms with Crippen LogP contribution in [0.25, 0.3) is 6.08 Å². The number of hydrogen-bond donors (Lipinski definition) is 2. The van der Waals surface area contributed by atoms with Crippen molar-refractivity contribution in [1.29, 1.82) is 0 Å². The minimum atomic E-state index is -0.440. The Bertz CT molecular complexity index is 496. The van der Waals surface area contributed by atoms with Crippen LogP contribution in [0.3, 0.4) is 0 Å². The zero-order valence-corrected chi connectivity index (χ0v) is 12.5. The van der Waals surface area contributed by atoms with Gasteiger partial charge in [0.1, 0.15) is 18.9 Å². The van der Waals surface area contributed by atoms with Gasteiger partial charge in [-0.05, 0) is 18.2 Å². The number of ether oxygens (including phenoxy) is 1. The molecule has 1 aliphatic heterocycles. The molecule has 0 spiro atoms. The average Bonchev–Trinajstić information content (AvgIpc) is 2.48. The first-order valence-electron chi connectivity index (χ1n) is 6.98. The van der Waals surface area contributed by atoms with Crippen LogP contribution in [0.15, 0.2) is 24.3 Å². The van der Waals surface area contributed by atoms with Crippen LogP contribution in [-0.2, 0) is 9.53 Å². The highest BCUT2D eigenvalue weighted by atomic mass is 35.5. The number of benzene rings is 1. The van der Waals surface area contributed by atoms with Crippen molar-refractivity contribution in [3.8, 4) is 0 Å². The van der Waals surface area contributed by atoms with E-state index >= 15 is 0 Å². The van der Waals surface area contributed by atoms with Crippen LogP contribution in [0, 0.1) is 5.82 Å². The highest BCUT2D eigenvalue weighted by molar-refractivity contribution is 6.32. The molecular weight excluding hydrogens is 295 g/mol. The summed E-state index contributed by atoms with van der Waals surface area (Å²) < 4.78 is 18.8. The van der Waals surface area contributed by atoms with Crippen LogP contribution in [0.4, 0.5) is 4.39 Å². The van der Waals surface area contributed by atoms with Crippen molar-refractivity contribution >= 4 is 23.6 Å². The van der Waals surface area contributed by atoms with E-state index in [1.54, 1.807) is 6.07 Å². The maximum atomic E-state index is 13.5. The number of halogens is 2. The van der Waals surface area contributed by atoms with Crippen molar-refractivity contribution in [1.82, 2.24) is 5.32 Å². The molecule has 21 heavy (non-hydrogen) atoms. The SMILES string of the molecule is O=C(C=Cc1c(F)cccc1Cl)NCC[NH+]1CCOCC1. The minimum Gasteiger partial charge on any atom is -0.370 e. The Kier molecular flexibility index (Phi) is 6.17. The van der Waals surface area contributed by atoms with Gasteiger partial charge < -0.3 is 15.0 Å². The third-order valence-corrected chi connectivity index (χ3v) is 3.71. The molecule has 4 nitrogen and oxygen atoms in total. The number of hydrogen-bond acceptors (Lipinski definition) is 2. The second-order valence-electron chi connectivity index (χ2n) is 4.87. The van der Waals surface area contributed by atoms with Gasteiger partial charge in [0, 0.05) is 11.6 Å². The van der Waals surface area contributed by atoms with Gasteiger partial charge in [0.2, 0.25) is 5.91 Å². The third kappa shape index (κ3) is 5.12. The molecule has 1 amide bonds. The van der Waals surface area contributed by atoms with Crippen LogP contribution in [0.2, 0.25) is 5.02 Å². The summed E-state index contributed by atoms with van der Waals surface area (Å²) in [6, 6.07) is 4.43. The number of morpholine rings is 1. The first-order valence-corrected chi connectivity index (χ1v) is 7.36. The molecule has 114 valence electrons. The van der Waals surface area contributed by atoms with Gasteiger partial charge in [-0.1, -0.05) is 17.7 Å². The summed E-state index contributed by atoms with van der Waals surface area (Å²) in [5, 5.41) is 3.07. The largest absolute Gasteiger partial charge is 0.370 e. The lowest BCUT2D eigenvalue weighted by molar-refractivity contribution is -0.906. The first kappa shape index (κ1) is 15.9. The predicted molar refractivity (Wildman–Crippen MR) is 79.8 cm³/mol. The highest BCUT2D eigenvalue weighted by Gasteiger charge is 2.13. The molecule has 0 atom stereocenters. The van der Waals surface area contributed by atoms with E-state index in [-0.39, 0.29) is 16.5 Å². The number of quaternary nitrogens is 1. The molecule has 0 radical (unpaired) electrons. The van der Waals surface area contributed by atoms with Gasteiger partial charge in [-0.15, -0.1) is 0 Å². The van der Waals surface area contributed by atoms with Crippen molar-refractivity contribution < 1.29 is 18.8 Å². The van der Waals surface area contributed by atoms with Crippen LogP contribution in [0.5, 0.6) is 0 Å². The monoisotopic (exact) mass is 313 g/mol. The van der Waals surface area contributed by atoms with Crippen molar-refractivity contribution in [2.75, 3.05) is 39.4 Å². The lowest BCUT2D eigenvalue weighted by Gasteiger charge is -2.23. The zero-order valence-electron chi connectivity index (χ0n) is 11.7. The van der Waals surface area contributed by atoms with Gasteiger partial charge >= 0.3 is 0 Å². The molecule has 2 N–H and O–H groups in total. The summed E-state index contributed by atoms with van der Waals surface area (Å²) >= 11 is 5.88. The molecule has 0 aliphatic carbocycles. The summed E-state index contributed by atoms with van der Waals surface area (Å²) in [6.07, 6.45) is 2.70. The topological polar surface area (TPSA) is 42.8 Å². The Morgan fingerprint density at radius 1 is 1.43 bits per heavy atom. The molecule has 1 saturated heterocycles. The summed E-state index contributed by atoms with van der Waals surface area (Å²) in [6.45, 7) is 4.93. The average molecular weight is 314 g/mol. The van der Waals surface area contributed by atoms with E-state index in [1.165, 1.54) is 29.2 Å². The fourth-order valence-corrected chi connectivity index (χ4v) is 2.39. The van der Waals surface area contributed by atoms with Gasteiger partial charge in [0.25, 0.3) is 0 Å². The lowest BCUT2D eigenvalue weighted by Crippen LogP contribution is -3.14. The smallest absolute Gasteiger partial charge is 0.244 e. The maximum absolute atomic E-state index is 13.5. The van der Waals surface area contributed by atoms with Gasteiger partial charge in [0.15, 0.2) is 0 Å². The van der Waals surface area contributed by atoms with Crippen LogP contribution in [0.1, 0.15) is 5.56 Å². The molecule has 0 saturated carbocycles. The molecule has 1 aromatic carbocycles. The number of carbonyl (C=O) groups excluding carboxylic acids is 1. The molecule has 0 aromatic heterocycles. The van der Waals surface area contributed by atoms with E-state index in [9.17, 15) is 9.18 Å². The molecule has 2 rings (SSSR count). The predicted octanol–water partition coefficient (Wildman–Crippen LogP) is 0.524. The van der Waals surface area contributed by atoms with E-state index in [0.717, 1.165) is 32.8 Å². The van der Waals surface area contributed by atoms with Gasteiger partial charge in [-0.25, -0.2) is 4.39 Å². The van der Waals surface area contributed by atoms with Crippen molar-refractivity contribution in [2.45, 2.75) is 0 Å². The second kappa shape index (κ2) is 8.12. The summed E-state index contributed by atoms with van der Waals surface area (Å²) in [4.78, 5) is 13.1. The van der Waals surface area contributed by atoms with E-state index in [2.05, 4.69) is 5.32 Å². The molecule has 1 aromatic rings. The summed E-state index contributed by atoms with van der Waals surface area (Å²) in [7, 11) is 0. The Morgan fingerprint density at radius 3 is 2.90 bits per heavy atom. The van der Waals surface area contributed by atoms with Crippen LogP contribution < -0.4 is 10.2 Å². The number of nitrogens with one attached hydrogen (secondary N) is 2. The molecule has 1 fully saturated rings. The maximum Gasteiger partial charge on any atom is 0.244 e. The molecular formula is C15H19ClFN2O2+. The first-order chi connectivity index (χ1) is 10.2. The van der Waals surface area contributed by atoms with Crippen molar-refractivity contribution in [2.24, 2.45) is 0 Å². The number of rotatable bonds is 5. The van der Waals surface area contributed by atoms with Gasteiger partial charge in [-0.3, -0.25) is 4.79 Å². The van der Waals surface area contributed by atoms with E-state index in [1.807, 2.05) is 0 Å². The van der Waals surface area contributed by atoms with Gasteiger partial charge in [0.05, 0.1) is 31.3 Å². The Labute approximate surface area is 128 Å². The van der Waals surface area contributed by atoms with E-state index in [0.29, 0.717) is 6.54 Å². The van der Waals surface area contributed by atoms with Crippen molar-refractivity contribution in [3.63, 3.8) is 0 Å².